The van der Waals surface area contributed by atoms with Crippen LogP contribution in [0.4, 0.5) is 14.6 Å². The number of pyridine rings is 1. The van der Waals surface area contributed by atoms with E-state index < -0.39 is 23.3 Å². The highest BCUT2D eigenvalue weighted by molar-refractivity contribution is 6.02. The highest BCUT2D eigenvalue weighted by atomic mass is 19.1. The third kappa shape index (κ3) is 7.03. The first kappa shape index (κ1) is 37.0. The highest BCUT2D eigenvalue weighted by Crippen LogP contribution is 2.49. The maximum absolute atomic E-state index is 17.2. The van der Waals surface area contributed by atoms with E-state index in [-0.39, 0.29) is 82.7 Å². The fourth-order valence-corrected chi connectivity index (χ4v) is 9.36. The summed E-state index contributed by atoms with van der Waals surface area (Å²) in [5.74, 6) is -0.944. The average molecular weight is 750 g/mol. The van der Waals surface area contributed by atoms with E-state index in [0.717, 1.165) is 71.2 Å². The quantitative estimate of drug-likeness (QED) is 0.206. The topological polar surface area (TPSA) is 143 Å². The number of likely N-dealkylation sites (tertiary alicyclic amines) is 1. The minimum Gasteiger partial charge on any atom is -0.508 e. The summed E-state index contributed by atoms with van der Waals surface area (Å²) in [6.07, 6.45) is 6.68. The molecule has 2 aromatic heterocycles. The lowest BCUT2D eigenvalue weighted by molar-refractivity contribution is -0.0528. The van der Waals surface area contributed by atoms with Gasteiger partial charge in [-0.2, -0.15) is 9.97 Å². The van der Waals surface area contributed by atoms with E-state index in [1.165, 1.54) is 31.4 Å². The van der Waals surface area contributed by atoms with E-state index in [0.29, 0.717) is 24.0 Å². The van der Waals surface area contributed by atoms with Crippen LogP contribution in [0.15, 0.2) is 30.3 Å². The van der Waals surface area contributed by atoms with Gasteiger partial charge < -0.3 is 39.2 Å². The Morgan fingerprint density at radius 1 is 1.04 bits per heavy atom. The second-order valence-corrected chi connectivity index (χ2v) is 15.9. The molecule has 2 aromatic carbocycles. The number of aliphatic hydroxyl groups excluding tert-OH is 1. The molecular weight excluding hydrogens is 700 g/mol. The number of methoxy groups -OCH3 is 1. The van der Waals surface area contributed by atoms with Crippen molar-refractivity contribution < 1.29 is 43.0 Å². The third-order valence-electron chi connectivity index (χ3n) is 11.9. The zero-order valence-electron chi connectivity index (χ0n) is 30.9. The van der Waals surface area contributed by atoms with Crippen LogP contribution in [-0.4, -0.2) is 119 Å². The first-order chi connectivity index (χ1) is 26.1. The molecule has 54 heavy (non-hydrogen) atoms. The molecule has 0 radical (unpaired) electrons. The van der Waals surface area contributed by atoms with Crippen molar-refractivity contribution in [2.45, 2.75) is 69.6 Å². The van der Waals surface area contributed by atoms with Crippen LogP contribution in [0.25, 0.3) is 32.9 Å². The van der Waals surface area contributed by atoms with Gasteiger partial charge in [0.2, 0.25) is 5.88 Å². The fraction of sp³-hybridized carbons (Fsp3) is 0.575. The van der Waals surface area contributed by atoms with Crippen LogP contribution in [-0.2, 0) is 9.47 Å². The molecule has 14 heteroatoms. The Bertz CT molecular complexity index is 2010. The van der Waals surface area contributed by atoms with Gasteiger partial charge in [-0.3, -0.25) is 4.90 Å². The van der Waals surface area contributed by atoms with Crippen molar-refractivity contribution in [3.63, 3.8) is 0 Å². The summed E-state index contributed by atoms with van der Waals surface area (Å²) >= 11 is 0. The second-order valence-electron chi connectivity index (χ2n) is 15.9. The SMILES string of the molecule is COc1nc(-c2cc(O)cc3cccc(F)c23)c(F)c2nc(OCC34CCCC3N(CC3CCOCC3)CCC4)nc(N3CC(CO)OCC(C)(O)C3)c12. The molecule has 5 heterocycles. The van der Waals surface area contributed by atoms with Gasteiger partial charge in [0.05, 0.1) is 39.6 Å². The summed E-state index contributed by atoms with van der Waals surface area (Å²) in [7, 11) is 1.38. The summed E-state index contributed by atoms with van der Waals surface area (Å²) in [5, 5.41) is 32.6. The molecule has 3 aliphatic heterocycles. The van der Waals surface area contributed by atoms with Gasteiger partial charge in [-0.05, 0) is 81.5 Å². The van der Waals surface area contributed by atoms with Crippen LogP contribution < -0.4 is 14.4 Å². The van der Waals surface area contributed by atoms with Gasteiger partial charge in [-0.25, -0.2) is 13.8 Å². The molecule has 290 valence electrons. The lowest BCUT2D eigenvalue weighted by Gasteiger charge is -2.47. The Hall–Kier alpha value is -3.95. The Balaban J connectivity index is 1.24. The van der Waals surface area contributed by atoms with Gasteiger partial charge in [0.25, 0.3) is 0 Å². The van der Waals surface area contributed by atoms with E-state index >= 15 is 8.78 Å². The number of fused-ring (bicyclic) bond motifs is 3. The molecule has 1 saturated carbocycles. The molecule has 4 fully saturated rings. The first-order valence-electron chi connectivity index (χ1n) is 19.1. The Morgan fingerprint density at radius 3 is 2.65 bits per heavy atom. The normalized spacial score (nSPS) is 27.0. The molecule has 3 saturated heterocycles. The largest absolute Gasteiger partial charge is 0.508 e. The second kappa shape index (κ2) is 14.9. The van der Waals surface area contributed by atoms with Gasteiger partial charge in [-0.15, -0.1) is 0 Å². The molecule has 8 rings (SSSR count). The predicted molar refractivity (Wildman–Crippen MR) is 198 cm³/mol. The van der Waals surface area contributed by atoms with E-state index in [1.54, 1.807) is 17.9 Å². The van der Waals surface area contributed by atoms with Crippen molar-refractivity contribution in [1.29, 1.82) is 0 Å². The van der Waals surface area contributed by atoms with Crippen LogP contribution >= 0.6 is 0 Å². The number of aromatic hydroxyl groups is 1. The number of phenols is 1. The molecule has 0 amide bonds. The van der Waals surface area contributed by atoms with Crippen molar-refractivity contribution in [3.05, 3.63) is 42.0 Å². The summed E-state index contributed by atoms with van der Waals surface area (Å²) in [4.78, 5) is 18.5. The molecule has 4 unspecified atom stereocenters. The van der Waals surface area contributed by atoms with Crippen molar-refractivity contribution in [2.75, 3.05) is 71.2 Å². The number of hydrogen-bond acceptors (Lipinski definition) is 12. The van der Waals surface area contributed by atoms with Crippen LogP contribution in [0.5, 0.6) is 17.6 Å². The molecule has 12 nitrogen and oxygen atoms in total. The van der Waals surface area contributed by atoms with E-state index in [1.807, 2.05) is 0 Å². The number of halogens is 2. The zero-order valence-corrected chi connectivity index (χ0v) is 30.9. The van der Waals surface area contributed by atoms with Crippen LogP contribution in [0.3, 0.4) is 0 Å². The van der Waals surface area contributed by atoms with Gasteiger partial charge in [0.15, 0.2) is 5.82 Å². The maximum atomic E-state index is 17.2. The van der Waals surface area contributed by atoms with Crippen LogP contribution in [0.2, 0.25) is 0 Å². The summed E-state index contributed by atoms with van der Waals surface area (Å²) < 4.78 is 56.4. The van der Waals surface area contributed by atoms with E-state index in [4.69, 9.17) is 23.9 Å². The average Bonchev–Trinajstić information content (AvgIpc) is 3.53. The number of hydrogen-bond donors (Lipinski definition) is 3. The molecule has 4 aromatic rings. The minimum absolute atomic E-state index is 0.0226. The molecule has 3 N–H and O–H groups in total. The summed E-state index contributed by atoms with van der Waals surface area (Å²) in [6.45, 7) is 5.44. The van der Waals surface area contributed by atoms with Crippen molar-refractivity contribution in [2.24, 2.45) is 11.3 Å². The molecule has 1 aliphatic carbocycles. The third-order valence-corrected chi connectivity index (χ3v) is 11.9. The number of β-amino-alcohol motifs (C(OH)–C–C–N with tert-alkyl or cyclic N) is 1. The standard InChI is InChI=1S/C40H49F2N5O7/c1-39(50)21-47(19-27(20-48)53-22-39)36-32-35(33(42)34(43-37(32)51-2)28-17-26(49)16-25-6-3-7-29(41)31(25)28)44-38(45-36)54-23-40-11-4-8-30(40)46(13-5-12-40)18-24-9-14-52-15-10-24/h3,6-7,16-17,24,27,30,48-50H,4-5,8-15,18-23H2,1-2H3. The maximum Gasteiger partial charge on any atom is 0.319 e. The number of phenolic OH excluding ortho intramolecular Hbond substituents is 1. The van der Waals surface area contributed by atoms with Gasteiger partial charge in [0.1, 0.15) is 39.6 Å². The highest BCUT2D eigenvalue weighted by Gasteiger charge is 2.49. The molecular formula is C40H49F2N5O7. The van der Waals surface area contributed by atoms with Gasteiger partial charge in [0, 0.05) is 48.7 Å². The number of aromatic nitrogens is 3. The number of nitrogens with zero attached hydrogens (tertiary/aromatic N) is 5. The number of anilines is 1. The van der Waals surface area contributed by atoms with Crippen molar-refractivity contribution >= 4 is 27.5 Å². The minimum atomic E-state index is -1.36. The summed E-state index contributed by atoms with van der Waals surface area (Å²) in [6, 6.07) is 7.36. The van der Waals surface area contributed by atoms with Gasteiger partial charge in [-0.1, -0.05) is 18.6 Å². The number of ether oxygens (including phenoxy) is 4. The molecule has 4 atom stereocenters. The van der Waals surface area contributed by atoms with Crippen molar-refractivity contribution in [3.8, 4) is 28.9 Å². The van der Waals surface area contributed by atoms with Crippen LogP contribution in [0.1, 0.15) is 51.9 Å². The lowest BCUT2D eigenvalue weighted by Crippen LogP contribution is -2.53. The molecule has 4 aliphatic rings. The number of rotatable bonds is 9. The monoisotopic (exact) mass is 749 g/mol. The summed E-state index contributed by atoms with van der Waals surface area (Å²) in [5.41, 5.74) is -1.91. The lowest BCUT2D eigenvalue weighted by atomic mass is 9.75. The Kier molecular flexibility index (Phi) is 10.2. The van der Waals surface area contributed by atoms with Crippen molar-refractivity contribution in [1.82, 2.24) is 19.9 Å². The van der Waals surface area contributed by atoms with Gasteiger partial charge >= 0.3 is 6.01 Å². The number of aliphatic hydroxyl groups is 2. The Morgan fingerprint density at radius 2 is 1.85 bits per heavy atom. The van der Waals surface area contributed by atoms with E-state index in [9.17, 15) is 15.3 Å². The van der Waals surface area contributed by atoms with Crippen LogP contribution in [0, 0.1) is 23.0 Å². The predicted octanol–water partition coefficient (Wildman–Crippen LogP) is 5.23. The Labute approximate surface area is 313 Å². The first-order valence-corrected chi connectivity index (χ1v) is 19.1. The van der Waals surface area contributed by atoms with E-state index in [2.05, 4.69) is 14.9 Å². The fourth-order valence-electron chi connectivity index (χ4n) is 9.36. The molecule has 0 spiro atoms. The smallest absolute Gasteiger partial charge is 0.319 e. The molecule has 0 bridgehead atoms. The number of benzene rings is 2. The number of piperidine rings is 1. The zero-order chi connectivity index (χ0) is 37.6.